The molecule has 0 aromatic carbocycles. The highest BCUT2D eigenvalue weighted by Crippen LogP contribution is 2.26. The SMILES string of the molecule is CC(C)Cc1ncc(CN2CCS(=O)(=O)C(C)(C)C2)s1. The van der Waals surface area contributed by atoms with Crippen molar-refractivity contribution in [3.63, 3.8) is 0 Å². The number of hydrogen-bond acceptors (Lipinski definition) is 5. The summed E-state index contributed by atoms with van der Waals surface area (Å²) in [6.45, 7) is 10.1. The Hall–Kier alpha value is -0.460. The molecule has 2 rings (SSSR count). The molecule has 0 amide bonds. The Kier molecular flexibility index (Phi) is 4.56. The normalized spacial score (nSPS) is 22.2. The minimum absolute atomic E-state index is 0.262. The molecule has 1 aliphatic rings. The summed E-state index contributed by atoms with van der Waals surface area (Å²) in [7, 11) is -2.95. The van der Waals surface area contributed by atoms with E-state index in [4.69, 9.17) is 0 Å². The monoisotopic (exact) mass is 316 g/mol. The van der Waals surface area contributed by atoms with Crippen molar-refractivity contribution in [1.82, 2.24) is 9.88 Å². The van der Waals surface area contributed by atoms with Gasteiger partial charge in [-0.15, -0.1) is 11.3 Å². The first-order valence-electron chi connectivity index (χ1n) is 7.08. The zero-order valence-corrected chi connectivity index (χ0v) is 14.4. The third-order valence-electron chi connectivity index (χ3n) is 3.69. The van der Waals surface area contributed by atoms with Gasteiger partial charge in [0, 0.05) is 37.1 Å². The van der Waals surface area contributed by atoms with E-state index in [0.717, 1.165) is 13.0 Å². The van der Waals surface area contributed by atoms with Gasteiger partial charge >= 0.3 is 0 Å². The summed E-state index contributed by atoms with van der Waals surface area (Å²) in [6, 6.07) is 0. The third-order valence-corrected chi connectivity index (χ3v) is 7.22. The molecule has 1 aromatic rings. The highest BCUT2D eigenvalue weighted by Gasteiger charge is 2.39. The molecule has 0 atom stereocenters. The predicted molar refractivity (Wildman–Crippen MR) is 83.8 cm³/mol. The molecule has 0 saturated carbocycles. The van der Waals surface area contributed by atoms with Crippen molar-refractivity contribution < 1.29 is 8.42 Å². The van der Waals surface area contributed by atoms with Crippen molar-refractivity contribution in [2.24, 2.45) is 5.92 Å². The molecule has 0 radical (unpaired) electrons. The Morgan fingerprint density at radius 2 is 2.15 bits per heavy atom. The molecule has 1 fully saturated rings. The molecule has 1 aromatic heterocycles. The van der Waals surface area contributed by atoms with Crippen LogP contribution in [0.25, 0.3) is 0 Å². The number of aromatic nitrogens is 1. The molecule has 2 heterocycles. The van der Waals surface area contributed by atoms with Gasteiger partial charge in [-0.2, -0.15) is 0 Å². The fourth-order valence-corrected chi connectivity index (χ4v) is 5.07. The molecule has 20 heavy (non-hydrogen) atoms. The van der Waals surface area contributed by atoms with Gasteiger partial charge < -0.3 is 0 Å². The Morgan fingerprint density at radius 3 is 2.75 bits per heavy atom. The first kappa shape index (κ1) is 15.9. The van der Waals surface area contributed by atoms with Crippen molar-refractivity contribution >= 4 is 21.2 Å². The molecule has 0 aliphatic carbocycles. The number of nitrogens with zero attached hydrogens (tertiary/aromatic N) is 2. The molecule has 4 nitrogen and oxygen atoms in total. The molecule has 1 saturated heterocycles. The van der Waals surface area contributed by atoms with Crippen LogP contribution in [0, 0.1) is 5.92 Å². The van der Waals surface area contributed by atoms with Gasteiger partial charge in [-0.25, -0.2) is 13.4 Å². The van der Waals surface area contributed by atoms with Crippen molar-refractivity contribution in [2.75, 3.05) is 18.8 Å². The van der Waals surface area contributed by atoms with Crippen LogP contribution in [-0.4, -0.2) is 41.9 Å². The Bertz CT molecular complexity index is 561. The predicted octanol–water partition coefficient (Wildman–Crippen LogP) is 2.35. The first-order valence-corrected chi connectivity index (χ1v) is 9.55. The van der Waals surface area contributed by atoms with Crippen LogP contribution in [0.4, 0.5) is 0 Å². The van der Waals surface area contributed by atoms with Gasteiger partial charge in [-0.05, 0) is 19.8 Å². The van der Waals surface area contributed by atoms with E-state index in [-0.39, 0.29) is 5.75 Å². The summed E-state index contributed by atoms with van der Waals surface area (Å²) < 4.78 is 23.3. The van der Waals surface area contributed by atoms with E-state index in [9.17, 15) is 8.42 Å². The zero-order chi connectivity index (χ0) is 15.0. The Balaban J connectivity index is 1.99. The van der Waals surface area contributed by atoms with E-state index in [1.54, 1.807) is 11.3 Å². The van der Waals surface area contributed by atoms with Gasteiger partial charge in [-0.1, -0.05) is 13.8 Å². The van der Waals surface area contributed by atoms with Gasteiger partial charge in [0.1, 0.15) is 0 Å². The van der Waals surface area contributed by atoms with Gasteiger partial charge in [0.25, 0.3) is 0 Å². The van der Waals surface area contributed by atoms with E-state index in [1.165, 1.54) is 9.88 Å². The van der Waals surface area contributed by atoms with Gasteiger partial charge in [0.2, 0.25) is 0 Å². The Morgan fingerprint density at radius 1 is 1.45 bits per heavy atom. The molecule has 0 spiro atoms. The summed E-state index contributed by atoms with van der Waals surface area (Å²) in [6.07, 6.45) is 2.96. The van der Waals surface area contributed by atoms with E-state index < -0.39 is 14.6 Å². The lowest BCUT2D eigenvalue weighted by Gasteiger charge is -2.37. The molecule has 6 heteroatoms. The number of rotatable bonds is 4. The summed E-state index contributed by atoms with van der Waals surface area (Å²) in [5.74, 6) is 0.880. The summed E-state index contributed by atoms with van der Waals surface area (Å²) in [5.41, 5.74) is 0. The second kappa shape index (κ2) is 5.73. The van der Waals surface area contributed by atoms with Crippen molar-refractivity contribution in [3.8, 4) is 0 Å². The smallest absolute Gasteiger partial charge is 0.157 e. The maximum absolute atomic E-state index is 12.0. The second-order valence-corrected chi connectivity index (χ2v) is 10.6. The van der Waals surface area contributed by atoms with E-state index in [1.807, 2.05) is 20.0 Å². The maximum Gasteiger partial charge on any atom is 0.157 e. The van der Waals surface area contributed by atoms with Crippen LogP contribution in [-0.2, 0) is 22.8 Å². The fourth-order valence-electron chi connectivity index (χ4n) is 2.46. The minimum Gasteiger partial charge on any atom is -0.296 e. The molecular formula is C14H24N2O2S2. The van der Waals surface area contributed by atoms with Gasteiger partial charge in [0.15, 0.2) is 9.84 Å². The van der Waals surface area contributed by atoms with Crippen LogP contribution < -0.4 is 0 Å². The van der Waals surface area contributed by atoms with Gasteiger partial charge in [0.05, 0.1) is 15.5 Å². The van der Waals surface area contributed by atoms with Crippen LogP contribution in [0.1, 0.15) is 37.6 Å². The van der Waals surface area contributed by atoms with Crippen LogP contribution in [0.5, 0.6) is 0 Å². The van der Waals surface area contributed by atoms with Gasteiger partial charge in [-0.3, -0.25) is 4.90 Å². The average Bonchev–Trinajstić information content (AvgIpc) is 2.70. The fraction of sp³-hybridized carbons (Fsp3) is 0.786. The van der Waals surface area contributed by atoms with E-state index >= 15 is 0 Å². The molecule has 0 unspecified atom stereocenters. The summed E-state index contributed by atoms with van der Waals surface area (Å²) in [5, 5.41) is 1.18. The molecular weight excluding hydrogens is 292 g/mol. The topological polar surface area (TPSA) is 50.3 Å². The molecule has 0 N–H and O–H groups in total. The number of sulfone groups is 1. The Labute approximate surface area is 126 Å². The summed E-state index contributed by atoms with van der Waals surface area (Å²) >= 11 is 1.75. The van der Waals surface area contributed by atoms with Crippen LogP contribution in [0.2, 0.25) is 0 Å². The van der Waals surface area contributed by atoms with E-state index in [0.29, 0.717) is 19.0 Å². The summed E-state index contributed by atoms with van der Waals surface area (Å²) in [4.78, 5) is 7.92. The van der Waals surface area contributed by atoms with Crippen LogP contribution >= 0.6 is 11.3 Å². The third kappa shape index (κ3) is 3.59. The van der Waals surface area contributed by atoms with E-state index in [2.05, 4.69) is 23.7 Å². The van der Waals surface area contributed by atoms with Crippen molar-refractivity contribution in [3.05, 3.63) is 16.1 Å². The number of hydrogen-bond donors (Lipinski definition) is 0. The lowest BCUT2D eigenvalue weighted by Crippen LogP contribution is -2.52. The zero-order valence-electron chi connectivity index (χ0n) is 12.7. The highest BCUT2D eigenvalue weighted by atomic mass is 32.2. The van der Waals surface area contributed by atoms with Crippen LogP contribution in [0.3, 0.4) is 0 Å². The molecule has 114 valence electrons. The standard InChI is InChI=1S/C14H24N2O2S2/c1-11(2)7-13-15-8-12(19-13)9-16-5-6-20(17,18)14(3,4)10-16/h8,11H,5-7,9-10H2,1-4H3. The average molecular weight is 316 g/mol. The first-order chi connectivity index (χ1) is 9.19. The van der Waals surface area contributed by atoms with Crippen LogP contribution in [0.15, 0.2) is 6.20 Å². The molecule has 0 bridgehead atoms. The van der Waals surface area contributed by atoms with Crippen molar-refractivity contribution in [1.29, 1.82) is 0 Å². The lowest BCUT2D eigenvalue weighted by atomic mass is 10.1. The minimum atomic E-state index is -2.95. The van der Waals surface area contributed by atoms with Crippen molar-refractivity contribution in [2.45, 2.75) is 45.4 Å². The maximum atomic E-state index is 12.0. The number of thiazole rings is 1. The highest BCUT2D eigenvalue weighted by molar-refractivity contribution is 7.92. The second-order valence-electron chi connectivity index (χ2n) is 6.61. The largest absolute Gasteiger partial charge is 0.296 e. The lowest BCUT2D eigenvalue weighted by molar-refractivity contribution is 0.243. The molecule has 1 aliphatic heterocycles. The quantitative estimate of drug-likeness (QED) is 0.855.